The van der Waals surface area contributed by atoms with E-state index in [1.165, 1.54) is 18.2 Å². The summed E-state index contributed by atoms with van der Waals surface area (Å²) >= 11 is 0. The summed E-state index contributed by atoms with van der Waals surface area (Å²) in [4.78, 5) is 11.7. The topological polar surface area (TPSA) is 64.4 Å². The summed E-state index contributed by atoms with van der Waals surface area (Å²) < 4.78 is 32.8. The number of benzene rings is 3. The number of nitrogens with two attached hydrogens (primary N) is 1. The maximum absolute atomic E-state index is 13.6. The van der Waals surface area contributed by atoms with Gasteiger partial charge in [-0.25, -0.2) is 8.78 Å². The molecule has 6 heteroatoms. The highest BCUT2D eigenvalue weighted by molar-refractivity contribution is 5.80. The Morgan fingerprint density at radius 2 is 1.55 bits per heavy atom. The molecular formula is C23H22F2N2O2. The van der Waals surface area contributed by atoms with Gasteiger partial charge in [-0.3, -0.25) is 4.79 Å². The maximum Gasteiger partial charge on any atom is 0.234 e. The van der Waals surface area contributed by atoms with Crippen molar-refractivity contribution in [2.75, 3.05) is 0 Å². The molecule has 150 valence electrons. The smallest absolute Gasteiger partial charge is 0.234 e. The lowest BCUT2D eigenvalue weighted by molar-refractivity contribution is -0.120. The number of hydrogen-bond acceptors (Lipinski definition) is 3. The van der Waals surface area contributed by atoms with Gasteiger partial charge in [0.25, 0.3) is 0 Å². The van der Waals surface area contributed by atoms with E-state index in [-0.39, 0.29) is 12.2 Å². The van der Waals surface area contributed by atoms with Crippen molar-refractivity contribution in [1.82, 2.24) is 5.32 Å². The molecule has 3 N–H and O–H groups in total. The van der Waals surface area contributed by atoms with Crippen LogP contribution in [0.25, 0.3) is 0 Å². The molecule has 0 aromatic heterocycles. The molecule has 1 amide bonds. The number of halogens is 2. The van der Waals surface area contributed by atoms with Crippen molar-refractivity contribution in [1.29, 1.82) is 0 Å². The Labute approximate surface area is 168 Å². The van der Waals surface area contributed by atoms with Gasteiger partial charge in [0.15, 0.2) is 0 Å². The fraction of sp³-hybridized carbons (Fsp3) is 0.174. The quantitative estimate of drug-likeness (QED) is 0.579. The number of amides is 1. The zero-order valence-electron chi connectivity index (χ0n) is 15.8. The largest absolute Gasteiger partial charge is 0.489 e. The summed E-state index contributed by atoms with van der Waals surface area (Å²) in [5, 5.41) is 3.16. The summed E-state index contributed by atoms with van der Waals surface area (Å²) in [5.74, 6) is -1.20. The monoisotopic (exact) mass is 396 g/mol. The van der Waals surface area contributed by atoms with Crippen LogP contribution in [0.15, 0.2) is 72.8 Å². The highest BCUT2D eigenvalue weighted by Crippen LogP contribution is 2.18. The Morgan fingerprint density at radius 3 is 2.17 bits per heavy atom. The fourth-order valence-electron chi connectivity index (χ4n) is 2.89. The van der Waals surface area contributed by atoms with E-state index in [0.717, 1.165) is 11.1 Å². The number of primary amides is 1. The molecule has 3 aromatic carbocycles. The average molecular weight is 396 g/mol. The Kier molecular flexibility index (Phi) is 6.92. The molecule has 3 rings (SSSR count). The van der Waals surface area contributed by atoms with Crippen molar-refractivity contribution in [2.45, 2.75) is 25.6 Å². The molecule has 0 saturated carbocycles. The Bertz CT molecular complexity index is 927. The standard InChI is InChI=1S/C23H22F2N2O2/c24-20-7-4-8-21(25)19(20)15-29-18-11-9-17(10-12-18)14-27-22(23(26)28)13-16-5-2-1-3-6-16/h1-12,22,27H,13-15H2,(H2,26,28). The van der Waals surface area contributed by atoms with Gasteiger partial charge in [-0.15, -0.1) is 0 Å². The Hall–Kier alpha value is -3.25. The Morgan fingerprint density at radius 1 is 0.897 bits per heavy atom. The first-order chi connectivity index (χ1) is 14.0. The first kappa shape index (κ1) is 20.5. The van der Waals surface area contributed by atoms with E-state index in [9.17, 15) is 13.6 Å². The average Bonchev–Trinajstić information content (AvgIpc) is 2.72. The Balaban J connectivity index is 1.55. The molecule has 0 saturated heterocycles. The summed E-state index contributed by atoms with van der Waals surface area (Å²) in [6.45, 7) is 0.250. The number of nitrogens with one attached hydrogen (secondary N) is 1. The van der Waals surface area contributed by atoms with Crippen LogP contribution >= 0.6 is 0 Å². The second-order valence-corrected chi connectivity index (χ2v) is 6.66. The van der Waals surface area contributed by atoms with Gasteiger partial charge in [0.05, 0.1) is 11.6 Å². The van der Waals surface area contributed by atoms with Crippen LogP contribution in [0, 0.1) is 11.6 Å². The van der Waals surface area contributed by atoms with E-state index in [1.54, 1.807) is 12.1 Å². The minimum atomic E-state index is -0.637. The van der Waals surface area contributed by atoms with Crippen LogP contribution in [0.2, 0.25) is 0 Å². The van der Waals surface area contributed by atoms with Crippen molar-refractivity contribution in [2.24, 2.45) is 5.73 Å². The van der Waals surface area contributed by atoms with Crippen LogP contribution in [0.1, 0.15) is 16.7 Å². The normalized spacial score (nSPS) is 11.8. The minimum absolute atomic E-state index is 0.108. The molecule has 0 aliphatic rings. The van der Waals surface area contributed by atoms with Crippen LogP contribution in [0.4, 0.5) is 8.78 Å². The molecule has 0 aliphatic carbocycles. The highest BCUT2D eigenvalue weighted by Gasteiger charge is 2.15. The third-order valence-electron chi connectivity index (χ3n) is 4.55. The lowest BCUT2D eigenvalue weighted by Gasteiger charge is -2.16. The number of carbonyl (C=O) groups excluding carboxylic acids is 1. The van der Waals surface area contributed by atoms with Crippen LogP contribution in [0.3, 0.4) is 0 Å². The van der Waals surface area contributed by atoms with Crippen molar-refractivity contribution in [3.05, 3.63) is 101 Å². The first-order valence-corrected chi connectivity index (χ1v) is 9.24. The predicted octanol–water partition coefficient (Wildman–Crippen LogP) is 3.73. The lowest BCUT2D eigenvalue weighted by Crippen LogP contribution is -2.42. The predicted molar refractivity (Wildman–Crippen MR) is 107 cm³/mol. The van der Waals surface area contributed by atoms with E-state index in [4.69, 9.17) is 10.5 Å². The fourth-order valence-corrected chi connectivity index (χ4v) is 2.89. The van der Waals surface area contributed by atoms with E-state index in [1.807, 2.05) is 42.5 Å². The van der Waals surface area contributed by atoms with Crippen molar-refractivity contribution >= 4 is 5.91 Å². The zero-order valence-corrected chi connectivity index (χ0v) is 15.8. The highest BCUT2D eigenvalue weighted by atomic mass is 19.1. The molecular weight excluding hydrogens is 374 g/mol. The van der Waals surface area contributed by atoms with Gasteiger partial charge in [-0.1, -0.05) is 48.5 Å². The molecule has 1 atom stereocenters. The zero-order chi connectivity index (χ0) is 20.6. The number of ether oxygens (including phenoxy) is 1. The molecule has 0 heterocycles. The molecule has 0 fully saturated rings. The maximum atomic E-state index is 13.6. The van der Waals surface area contributed by atoms with Gasteiger partial charge in [0.2, 0.25) is 5.91 Å². The minimum Gasteiger partial charge on any atom is -0.489 e. The molecule has 3 aromatic rings. The van der Waals surface area contributed by atoms with Crippen molar-refractivity contribution in [3.63, 3.8) is 0 Å². The lowest BCUT2D eigenvalue weighted by atomic mass is 10.1. The SMILES string of the molecule is NC(=O)C(Cc1ccccc1)NCc1ccc(OCc2c(F)cccc2F)cc1. The van der Waals surface area contributed by atoms with Crippen LogP contribution in [0.5, 0.6) is 5.75 Å². The summed E-state index contributed by atoms with van der Waals surface area (Å²) in [5.41, 5.74) is 7.35. The van der Waals surface area contributed by atoms with Crippen molar-refractivity contribution < 1.29 is 18.3 Å². The van der Waals surface area contributed by atoms with Crippen LogP contribution < -0.4 is 15.8 Å². The van der Waals surface area contributed by atoms with Gasteiger partial charge in [-0.2, -0.15) is 0 Å². The second kappa shape index (κ2) is 9.80. The van der Waals surface area contributed by atoms with Gasteiger partial charge < -0.3 is 15.8 Å². The third kappa shape index (κ3) is 5.86. The van der Waals surface area contributed by atoms with Gasteiger partial charge in [0, 0.05) is 6.54 Å². The van der Waals surface area contributed by atoms with Crippen LogP contribution in [-0.4, -0.2) is 11.9 Å². The molecule has 0 aliphatic heterocycles. The second-order valence-electron chi connectivity index (χ2n) is 6.66. The number of carbonyl (C=O) groups is 1. The first-order valence-electron chi connectivity index (χ1n) is 9.24. The molecule has 1 unspecified atom stereocenters. The van der Waals surface area contributed by atoms with Gasteiger partial charge in [-0.05, 0) is 41.8 Å². The summed E-state index contributed by atoms with van der Waals surface area (Å²) in [6, 6.07) is 19.9. The number of hydrogen-bond donors (Lipinski definition) is 2. The molecule has 0 spiro atoms. The van der Waals surface area contributed by atoms with E-state index in [0.29, 0.717) is 18.7 Å². The van der Waals surface area contributed by atoms with E-state index in [2.05, 4.69) is 5.32 Å². The molecule has 4 nitrogen and oxygen atoms in total. The van der Waals surface area contributed by atoms with Crippen LogP contribution in [-0.2, 0) is 24.4 Å². The van der Waals surface area contributed by atoms with Gasteiger partial charge in [0.1, 0.15) is 24.0 Å². The number of rotatable bonds is 9. The van der Waals surface area contributed by atoms with E-state index >= 15 is 0 Å². The molecule has 29 heavy (non-hydrogen) atoms. The van der Waals surface area contributed by atoms with E-state index < -0.39 is 23.6 Å². The molecule has 0 bridgehead atoms. The summed E-state index contributed by atoms with van der Waals surface area (Å²) in [6.07, 6.45) is 0.506. The van der Waals surface area contributed by atoms with Gasteiger partial charge >= 0.3 is 0 Å². The van der Waals surface area contributed by atoms with Crippen molar-refractivity contribution in [3.8, 4) is 5.75 Å². The summed E-state index contributed by atoms with van der Waals surface area (Å²) in [7, 11) is 0. The molecule has 0 radical (unpaired) electrons. The third-order valence-corrected chi connectivity index (χ3v) is 4.55.